The Labute approximate surface area is 160 Å². The summed E-state index contributed by atoms with van der Waals surface area (Å²) in [5, 5.41) is 6.74. The second-order valence-electron chi connectivity index (χ2n) is 5.71. The first-order valence-electron chi connectivity index (χ1n) is 7.77. The Hall–Kier alpha value is -1.87. The molecule has 5 nitrogen and oxygen atoms in total. The van der Waals surface area contributed by atoms with E-state index in [0.29, 0.717) is 10.2 Å². The van der Waals surface area contributed by atoms with Crippen molar-refractivity contribution < 1.29 is 13.2 Å². The quantitative estimate of drug-likeness (QED) is 0.593. The van der Waals surface area contributed by atoms with E-state index in [2.05, 4.69) is 36.3 Å². The van der Waals surface area contributed by atoms with Crippen molar-refractivity contribution in [2.75, 3.05) is 5.32 Å². The van der Waals surface area contributed by atoms with Gasteiger partial charge >= 0.3 is 0 Å². The second kappa shape index (κ2) is 7.79. The van der Waals surface area contributed by atoms with E-state index in [1.807, 2.05) is 0 Å². The minimum atomic E-state index is -1.06. The molecule has 0 aliphatic heterocycles. The number of fused-ring (bicyclic) bond motifs is 1. The molecule has 0 saturated heterocycles. The molecule has 26 heavy (non-hydrogen) atoms. The van der Waals surface area contributed by atoms with E-state index in [0.717, 1.165) is 6.20 Å². The Morgan fingerprint density at radius 3 is 2.85 bits per heavy atom. The fourth-order valence-corrected chi connectivity index (χ4v) is 3.30. The highest BCUT2D eigenvalue weighted by Gasteiger charge is 2.22. The number of aromatic nitrogens is 4. The third-order valence-corrected chi connectivity index (χ3v) is 4.80. The molecule has 0 saturated carbocycles. The van der Waals surface area contributed by atoms with E-state index < -0.39 is 17.8 Å². The van der Waals surface area contributed by atoms with Gasteiger partial charge in [0.15, 0.2) is 11.6 Å². The van der Waals surface area contributed by atoms with Gasteiger partial charge in [-0.15, -0.1) is 5.10 Å². The molecule has 0 aliphatic carbocycles. The molecule has 3 aromatic rings. The minimum Gasteiger partial charge on any atom is -0.364 e. The zero-order valence-corrected chi connectivity index (χ0v) is 16.0. The summed E-state index contributed by atoms with van der Waals surface area (Å²) in [6.45, 7) is 1.46. The maximum Gasteiger partial charge on any atom is 0.243 e. The molecule has 1 N–H and O–H groups in total. The zero-order valence-electron chi connectivity index (χ0n) is 13.6. The number of alkyl halides is 1. The number of halogens is 5. The van der Waals surface area contributed by atoms with Crippen LogP contribution in [0.1, 0.15) is 24.5 Å². The topological polar surface area (TPSA) is 55.1 Å². The highest BCUT2D eigenvalue weighted by molar-refractivity contribution is 9.10. The van der Waals surface area contributed by atoms with Crippen molar-refractivity contribution in [1.29, 1.82) is 0 Å². The monoisotopic (exact) mass is 447 g/mol. The predicted octanol–water partition coefficient (Wildman–Crippen LogP) is 4.72. The molecule has 3 rings (SSSR count). The molecule has 10 heteroatoms. The number of nitrogens with zero attached hydrogens (tertiary/aromatic N) is 4. The smallest absolute Gasteiger partial charge is 0.243 e. The van der Waals surface area contributed by atoms with Crippen molar-refractivity contribution in [2.45, 2.75) is 32.5 Å². The van der Waals surface area contributed by atoms with Gasteiger partial charge in [-0.05, 0) is 53.4 Å². The maximum absolute atomic E-state index is 14.9. The fourth-order valence-electron chi connectivity index (χ4n) is 2.51. The van der Waals surface area contributed by atoms with E-state index >= 15 is 0 Å². The summed E-state index contributed by atoms with van der Waals surface area (Å²) in [7, 11) is 0. The molecule has 3 heterocycles. The lowest BCUT2D eigenvalue weighted by Gasteiger charge is -2.08. The molecule has 0 spiro atoms. The first-order valence-corrected chi connectivity index (χ1v) is 8.94. The predicted molar refractivity (Wildman–Crippen MR) is 96.1 cm³/mol. The lowest BCUT2D eigenvalue weighted by molar-refractivity contribution is 0.340. The molecule has 3 aromatic heterocycles. The number of rotatable bonds is 6. The number of hydrogen-bond acceptors (Lipinski definition) is 4. The van der Waals surface area contributed by atoms with E-state index in [1.54, 1.807) is 0 Å². The molecule has 1 atom stereocenters. The Morgan fingerprint density at radius 2 is 2.15 bits per heavy atom. The Bertz CT molecular complexity index is 947. The van der Waals surface area contributed by atoms with Crippen LogP contribution in [0.15, 0.2) is 23.1 Å². The highest BCUT2D eigenvalue weighted by Crippen LogP contribution is 2.32. The second-order valence-corrected chi connectivity index (χ2v) is 6.80. The molecule has 0 bridgehead atoms. The van der Waals surface area contributed by atoms with Crippen molar-refractivity contribution in [3.05, 3.63) is 51.1 Å². The van der Waals surface area contributed by atoms with Crippen LogP contribution >= 0.6 is 27.5 Å². The van der Waals surface area contributed by atoms with Crippen LogP contribution in [-0.2, 0) is 13.0 Å². The largest absolute Gasteiger partial charge is 0.364 e. The van der Waals surface area contributed by atoms with Gasteiger partial charge in [0.05, 0.1) is 12.4 Å². The summed E-state index contributed by atoms with van der Waals surface area (Å²) < 4.78 is 43.4. The van der Waals surface area contributed by atoms with Crippen molar-refractivity contribution in [1.82, 2.24) is 19.6 Å². The molecule has 138 valence electrons. The third-order valence-electron chi connectivity index (χ3n) is 3.83. The normalized spacial score (nSPS) is 12.5. The lowest BCUT2D eigenvalue weighted by Crippen LogP contribution is -2.07. The number of hydrogen-bond donors (Lipinski definition) is 1. The van der Waals surface area contributed by atoms with Crippen LogP contribution < -0.4 is 5.32 Å². The van der Waals surface area contributed by atoms with Gasteiger partial charge in [-0.25, -0.2) is 17.7 Å². The van der Waals surface area contributed by atoms with Gasteiger partial charge in [0.1, 0.15) is 15.9 Å². The number of nitrogens with one attached hydrogen (secondary N) is 1. The number of anilines is 1. The summed E-state index contributed by atoms with van der Waals surface area (Å²) in [6, 6.07) is 1.50. The number of pyridine rings is 1. The van der Waals surface area contributed by atoms with E-state index in [4.69, 9.17) is 11.6 Å². The lowest BCUT2D eigenvalue weighted by atomic mass is 10.1. The Morgan fingerprint density at radius 1 is 1.38 bits per heavy atom. The van der Waals surface area contributed by atoms with Crippen LogP contribution in [0.2, 0.25) is 5.28 Å². The third kappa shape index (κ3) is 3.78. The van der Waals surface area contributed by atoms with Gasteiger partial charge in [0.25, 0.3) is 0 Å². The molecule has 0 aliphatic rings. The van der Waals surface area contributed by atoms with Gasteiger partial charge in [-0.1, -0.05) is 0 Å². The molecule has 0 aromatic carbocycles. The Kier molecular flexibility index (Phi) is 5.67. The summed E-state index contributed by atoms with van der Waals surface area (Å²) in [5.74, 6) is -0.961. The zero-order chi connectivity index (χ0) is 18.8. The van der Waals surface area contributed by atoms with E-state index in [-0.39, 0.29) is 41.6 Å². The van der Waals surface area contributed by atoms with Crippen molar-refractivity contribution >= 4 is 38.9 Å². The van der Waals surface area contributed by atoms with Gasteiger partial charge in [-0.2, -0.15) is 4.98 Å². The maximum atomic E-state index is 14.9. The highest BCUT2D eigenvalue weighted by atomic mass is 79.9. The van der Waals surface area contributed by atoms with Crippen molar-refractivity contribution in [3.8, 4) is 0 Å². The fraction of sp³-hybridized carbons (Fsp3) is 0.312. The molecule has 0 amide bonds. The summed E-state index contributed by atoms with van der Waals surface area (Å²) in [5.41, 5.74) is 0.673. The average Bonchev–Trinajstić information content (AvgIpc) is 2.82. The van der Waals surface area contributed by atoms with Crippen LogP contribution in [0.25, 0.3) is 5.52 Å². The molecule has 0 fully saturated rings. The van der Waals surface area contributed by atoms with Gasteiger partial charge in [0.2, 0.25) is 5.28 Å². The van der Waals surface area contributed by atoms with Gasteiger partial charge in [0, 0.05) is 23.9 Å². The van der Waals surface area contributed by atoms with Crippen molar-refractivity contribution in [3.63, 3.8) is 0 Å². The van der Waals surface area contributed by atoms with Crippen LogP contribution in [0.4, 0.5) is 19.0 Å². The summed E-state index contributed by atoms with van der Waals surface area (Å²) >= 11 is 9.21. The van der Waals surface area contributed by atoms with Crippen LogP contribution in [0.3, 0.4) is 0 Å². The Balaban J connectivity index is 1.99. The molecular formula is C16H14BrClF3N5. The SMILES string of the molecule is CC(F)CCc1c(F)c2c(NCc3ccncc3F)nc(Cl)nn2c1Br. The van der Waals surface area contributed by atoms with E-state index in [9.17, 15) is 13.2 Å². The summed E-state index contributed by atoms with van der Waals surface area (Å²) in [6.07, 6.45) is 1.82. The molecule has 0 radical (unpaired) electrons. The van der Waals surface area contributed by atoms with Crippen LogP contribution in [-0.4, -0.2) is 25.8 Å². The van der Waals surface area contributed by atoms with Crippen molar-refractivity contribution in [2.24, 2.45) is 0 Å². The first kappa shape index (κ1) is 18.9. The van der Waals surface area contributed by atoms with Gasteiger partial charge < -0.3 is 5.32 Å². The van der Waals surface area contributed by atoms with E-state index in [1.165, 1.54) is 23.7 Å². The van der Waals surface area contributed by atoms with Crippen LogP contribution in [0, 0.1) is 11.6 Å². The average molecular weight is 449 g/mol. The first-order chi connectivity index (χ1) is 12.4. The van der Waals surface area contributed by atoms with Crippen LogP contribution in [0.5, 0.6) is 0 Å². The minimum absolute atomic E-state index is 0.0520. The molecular weight excluding hydrogens is 435 g/mol. The summed E-state index contributed by atoms with van der Waals surface area (Å²) in [4.78, 5) is 7.68. The molecule has 1 unspecified atom stereocenters. The standard InChI is InChI=1S/C16H14BrClF3N5/c1-8(19)2-3-10-12(21)13-15(24-16(18)25-26(13)14(10)17)23-6-9-4-5-22-7-11(9)20/h4-5,7-8H,2-3,6H2,1H3,(H,23,24,25). The van der Waals surface area contributed by atoms with Gasteiger partial charge in [-0.3, -0.25) is 4.98 Å².